The van der Waals surface area contributed by atoms with Gasteiger partial charge in [-0.2, -0.15) is 0 Å². The molecule has 0 radical (unpaired) electrons. The average Bonchev–Trinajstić information content (AvgIpc) is 2.99. The number of hydrogen-bond acceptors (Lipinski definition) is 4. The van der Waals surface area contributed by atoms with Crippen LogP contribution in [0.5, 0.6) is 0 Å². The van der Waals surface area contributed by atoms with Crippen molar-refractivity contribution >= 4 is 43.8 Å². The van der Waals surface area contributed by atoms with Crippen LogP contribution < -0.4 is 5.56 Å². The Bertz CT molecular complexity index is 1160. The van der Waals surface area contributed by atoms with E-state index in [1.807, 2.05) is 37.2 Å². The molecule has 0 aliphatic heterocycles. The molecule has 26 heavy (non-hydrogen) atoms. The minimum atomic E-state index is -0.0607. The van der Waals surface area contributed by atoms with Crippen LogP contribution in [0.1, 0.15) is 17.0 Å². The van der Waals surface area contributed by atoms with Crippen molar-refractivity contribution in [1.82, 2.24) is 14.9 Å². The van der Waals surface area contributed by atoms with E-state index in [-0.39, 0.29) is 5.56 Å². The second kappa shape index (κ2) is 6.86. The van der Waals surface area contributed by atoms with E-state index >= 15 is 0 Å². The summed E-state index contributed by atoms with van der Waals surface area (Å²) in [6.07, 6.45) is 4.18. The largest absolute Gasteiger partial charge is 0.308 e. The van der Waals surface area contributed by atoms with Crippen molar-refractivity contribution in [2.45, 2.75) is 6.54 Å². The van der Waals surface area contributed by atoms with Crippen molar-refractivity contribution in [2.75, 3.05) is 14.1 Å². The zero-order valence-corrected chi connectivity index (χ0v) is 15.5. The predicted molar refractivity (Wildman–Crippen MR) is 111 cm³/mol. The summed E-state index contributed by atoms with van der Waals surface area (Å²) in [7, 11) is 3.92. The number of thiophene rings is 1. The smallest absolute Gasteiger partial charge is 0.268 e. The lowest BCUT2D eigenvalue weighted by atomic mass is 10.1. The Labute approximate surface area is 155 Å². The van der Waals surface area contributed by atoms with Gasteiger partial charge in [0.15, 0.2) is 0 Å². The zero-order chi connectivity index (χ0) is 18.1. The van der Waals surface area contributed by atoms with Crippen LogP contribution in [0.4, 0.5) is 0 Å². The van der Waals surface area contributed by atoms with Gasteiger partial charge in [-0.05, 0) is 37.4 Å². The highest BCUT2D eigenvalue weighted by Crippen LogP contribution is 2.31. The van der Waals surface area contributed by atoms with Crippen LogP contribution in [0.15, 0.2) is 53.3 Å². The number of hydrogen-bond donors (Lipinski definition) is 1. The lowest BCUT2D eigenvalue weighted by Gasteiger charge is -2.08. The van der Waals surface area contributed by atoms with Gasteiger partial charge in [0.2, 0.25) is 0 Å². The van der Waals surface area contributed by atoms with Gasteiger partial charge in [0.1, 0.15) is 10.5 Å². The first-order chi connectivity index (χ1) is 12.6. The summed E-state index contributed by atoms with van der Waals surface area (Å²) in [5, 5.41) is 1.03. The van der Waals surface area contributed by atoms with E-state index in [4.69, 9.17) is 4.98 Å². The van der Waals surface area contributed by atoms with E-state index in [1.54, 1.807) is 0 Å². The number of nitrogens with one attached hydrogen (secondary N) is 1. The maximum atomic E-state index is 12.4. The Balaban J connectivity index is 1.81. The number of nitrogens with zero attached hydrogens (tertiary/aromatic N) is 2. The third-order valence-electron chi connectivity index (χ3n) is 4.13. The molecular weight excluding hydrogens is 342 g/mol. The molecule has 0 saturated heterocycles. The molecule has 2 aromatic carbocycles. The lowest BCUT2D eigenvalue weighted by Crippen LogP contribution is -2.17. The molecule has 4 aromatic rings. The van der Waals surface area contributed by atoms with Crippen LogP contribution in [-0.4, -0.2) is 29.0 Å². The van der Waals surface area contributed by atoms with Crippen LogP contribution in [0, 0.1) is 0 Å². The summed E-state index contributed by atoms with van der Waals surface area (Å²) in [5.74, 6) is 0.692. The van der Waals surface area contributed by atoms with Crippen LogP contribution in [-0.2, 0) is 6.54 Å². The quantitative estimate of drug-likeness (QED) is 0.549. The lowest BCUT2D eigenvalue weighted by molar-refractivity contribution is 0.390. The third-order valence-corrected chi connectivity index (χ3v) is 5.29. The normalized spacial score (nSPS) is 12.0. The highest BCUT2D eigenvalue weighted by atomic mass is 32.1. The summed E-state index contributed by atoms with van der Waals surface area (Å²) < 4.78 is 1.77. The second-order valence-electron chi connectivity index (χ2n) is 6.53. The van der Waals surface area contributed by atoms with Gasteiger partial charge < -0.3 is 9.88 Å². The molecule has 4 rings (SSSR count). The number of aromatic amines is 1. The summed E-state index contributed by atoms with van der Waals surface area (Å²) in [6.45, 7) is 0.607. The van der Waals surface area contributed by atoms with Crippen molar-refractivity contribution < 1.29 is 0 Å². The minimum absolute atomic E-state index is 0.0607. The van der Waals surface area contributed by atoms with Gasteiger partial charge in [-0.3, -0.25) is 4.79 Å². The van der Waals surface area contributed by atoms with Gasteiger partial charge in [-0.1, -0.05) is 48.6 Å². The van der Waals surface area contributed by atoms with Gasteiger partial charge >= 0.3 is 0 Å². The summed E-state index contributed by atoms with van der Waals surface area (Å²) >= 11 is 1.50. The Kier molecular flexibility index (Phi) is 4.41. The Morgan fingerprint density at radius 3 is 2.62 bits per heavy atom. The minimum Gasteiger partial charge on any atom is -0.308 e. The molecule has 2 heterocycles. The van der Waals surface area contributed by atoms with Gasteiger partial charge in [0.25, 0.3) is 5.56 Å². The van der Waals surface area contributed by atoms with Gasteiger partial charge in [0, 0.05) is 10.1 Å². The molecule has 0 aliphatic carbocycles. The van der Waals surface area contributed by atoms with Crippen molar-refractivity contribution in [3.8, 4) is 0 Å². The molecule has 130 valence electrons. The molecule has 0 amide bonds. The Morgan fingerprint density at radius 2 is 1.85 bits per heavy atom. The fourth-order valence-electron chi connectivity index (χ4n) is 2.95. The third kappa shape index (κ3) is 3.31. The van der Waals surface area contributed by atoms with E-state index < -0.39 is 0 Å². The standard InChI is InChI=1S/C21H19N3OS/c1-24(2)13-18-22-19-16-12-15(9-8-14-6-4-3-5-7-14)10-11-17(16)26-20(19)21(25)23-18/h3-12H,13H2,1-2H3,(H,22,23,25)/b9-8+. The topological polar surface area (TPSA) is 49.0 Å². The molecule has 0 aliphatic rings. The molecule has 0 atom stereocenters. The van der Waals surface area contributed by atoms with E-state index in [0.29, 0.717) is 17.1 Å². The van der Waals surface area contributed by atoms with E-state index in [1.165, 1.54) is 11.3 Å². The molecule has 0 unspecified atom stereocenters. The van der Waals surface area contributed by atoms with Crippen LogP contribution >= 0.6 is 11.3 Å². The molecule has 2 aromatic heterocycles. The first-order valence-corrected chi connectivity index (χ1v) is 9.25. The van der Waals surface area contributed by atoms with Crippen molar-refractivity contribution in [3.05, 3.63) is 75.8 Å². The summed E-state index contributed by atoms with van der Waals surface area (Å²) in [5.41, 5.74) is 2.98. The number of H-pyrrole nitrogens is 1. The monoisotopic (exact) mass is 361 g/mol. The highest BCUT2D eigenvalue weighted by Gasteiger charge is 2.12. The maximum absolute atomic E-state index is 12.4. The predicted octanol–water partition coefficient (Wildman–Crippen LogP) is 4.37. The maximum Gasteiger partial charge on any atom is 0.268 e. The second-order valence-corrected chi connectivity index (χ2v) is 7.58. The Hall–Kier alpha value is -2.76. The highest BCUT2D eigenvalue weighted by molar-refractivity contribution is 7.25. The molecule has 4 nitrogen and oxygen atoms in total. The zero-order valence-electron chi connectivity index (χ0n) is 14.7. The Morgan fingerprint density at radius 1 is 1.08 bits per heavy atom. The van der Waals surface area contributed by atoms with E-state index in [0.717, 1.165) is 26.7 Å². The van der Waals surface area contributed by atoms with Gasteiger partial charge in [0.05, 0.1) is 12.1 Å². The van der Waals surface area contributed by atoms with E-state index in [9.17, 15) is 4.79 Å². The van der Waals surface area contributed by atoms with E-state index in [2.05, 4.69) is 47.5 Å². The number of benzene rings is 2. The molecule has 5 heteroatoms. The molecule has 0 bridgehead atoms. The molecule has 0 saturated carbocycles. The van der Waals surface area contributed by atoms with Crippen molar-refractivity contribution in [1.29, 1.82) is 0 Å². The van der Waals surface area contributed by atoms with Crippen molar-refractivity contribution in [2.24, 2.45) is 0 Å². The molecule has 0 fully saturated rings. The molecule has 0 spiro atoms. The van der Waals surface area contributed by atoms with Gasteiger partial charge in [-0.25, -0.2) is 4.98 Å². The first kappa shape index (κ1) is 16.7. The number of aromatic nitrogens is 2. The number of fused-ring (bicyclic) bond motifs is 3. The fraction of sp³-hybridized carbons (Fsp3) is 0.143. The number of rotatable bonds is 4. The molecule has 1 N–H and O–H groups in total. The summed E-state index contributed by atoms with van der Waals surface area (Å²) in [6, 6.07) is 16.5. The molecular formula is C21H19N3OS. The first-order valence-electron chi connectivity index (χ1n) is 8.43. The van der Waals surface area contributed by atoms with Crippen LogP contribution in [0.2, 0.25) is 0 Å². The van der Waals surface area contributed by atoms with Crippen LogP contribution in [0.25, 0.3) is 32.5 Å². The average molecular weight is 361 g/mol. The van der Waals surface area contributed by atoms with Crippen LogP contribution in [0.3, 0.4) is 0 Å². The van der Waals surface area contributed by atoms with Gasteiger partial charge in [-0.15, -0.1) is 11.3 Å². The fourth-order valence-corrected chi connectivity index (χ4v) is 3.97. The summed E-state index contributed by atoms with van der Waals surface area (Å²) in [4.78, 5) is 22.0. The van der Waals surface area contributed by atoms with Crippen molar-refractivity contribution in [3.63, 3.8) is 0 Å². The SMILES string of the molecule is CN(C)Cc1nc2c(sc3ccc(/C=C/c4ccccc4)cc32)c(=O)[nH]1.